The van der Waals surface area contributed by atoms with Crippen LogP contribution in [0.2, 0.25) is 5.02 Å². The number of hydrogen-bond donors (Lipinski definition) is 1. The Morgan fingerprint density at radius 3 is 2.87 bits per heavy atom. The van der Waals surface area contributed by atoms with Gasteiger partial charge in [0.25, 0.3) is 11.2 Å². The number of fused-ring (bicyclic) bond motifs is 1. The molecule has 76 valence electrons. The van der Waals surface area contributed by atoms with E-state index < -0.39 is 4.92 Å². The lowest BCUT2D eigenvalue weighted by Gasteiger charge is -1.99. The molecule has 6 nitrogen and oxygen atoms in total. The monoisotopic (exact) mass is 225 g/mol. The number of hydrogen-bond acceptors (Lipinski definition) is 4. The zero-order valence-electron chi connectivity index (χ0n) is 7.23. The van der Waals surface area contributed by atoms with E-state index in [-0.39, 0.29) is 21.8 Å². The van der Waals surface area contributed by atoms with E-state index in [0.29, 0.717) is 5.52 Å². The van der Waals surface area contributed by atoms with Gasteiger partial charge in [-0.3, -0.25) is 14.9 Å². The Morgan fingerprint density at radius 2 is 2.20 bits per heavy atom. The lowest BCUT2D eigenvalue weighted by Crippen LogP contribution is -2.05. The Hall–Kier alpha value is -1.95. The molecule has 0 fully saturated rings. The number of benzene rings is 1. The number of nitrogens with one attached hydrogen (secondary N) is 1. The van der Waals surface area contributed by atoms with E-state index in [1.807, 2.05) is 0 Å². The number of nitrogens with zero attached hydrogens (tertiary/aromatic N) is 2. The van der Waals surface area contributed by atoms with Crippen molar-refractivity contribution < 1.29 is 4.92 Å². The first kappa shape index (κ1) is 9.60. The first-order valence-corrected chi connectivity index (χ1v) is 4.29. The molecule has 0 aliphatic rings. The van der Waals surface area contributed by atoms with E-state index >= 15 is 0 Å². The van der Waals surface area contributed by atoms with Crippen molar-refractivity contribution >= 4 is 28.3 Å². The van der Waals surface area contributed by atoms with Gasteiger partial charge >= 0.3 is 0 Å². The normalized spacial score (nSPS) is 10.5. The highest BCUT2D eigenvalue weighted by Crippen LogP contribution is 2.29. The maximum Gasteiger partial charge on any atom is 0.290 e. The standard InChI is InChI=1S/C8H4ClN3O3/c9-7-5(12(14)15)2-1-4-8(7)10-3-6(13)11-4/h1-3H,(H,11,13). The van der Waals surface area contributed by atoms with E-state index in [0.717, 1.165) is 6.20 Å². The van der Waals surface area contributed by atoms with Gasteiger partial charge in [-0.15, -0.1) is 0 Å². The third-order valence-corrected chi connectivity index (χ3v) is 2.23. The zero-order valence-corrected chi connectivity index (χ0v) is 7.99. The van der Waals surface area contributed by atoms with Crippen LogP contribution in [-0.4, -0.2) is 14.9 Å². The first-order chi connectivity index (χ1) is 7.09. The minimum absolute atomic E-state index is 0.0752. The van der Waals surface area contributed by atoms with E-state index in [9.17, 15) is 14.9 Å². The molecule has 1 aromatic carbocycles. The van der Waals surface area contributed by atoms with Crippen molar-refractivity contribution in [2.45, 2.75) is 0 Å². The van der Waals surface area contributed by atoms with Crippen LogP contribution in [0, 0.1) is 10.1 Å². The summed E-state index contributed by atoms with van der Waals surface area (Å²) in [5.41, 5.74) is -0.0281. The molecule has 1 N–H and O–H groups in total. The van der Waals surface area contributed by atoms with E-state index in [2.05, 4.69) is 9.97 Å². The summed E-state index contributed by atoms with van der Waals surface area (Å²) >= 11 is 5.76. The molecule has 2 aromatic rings. The molecule has 0 radical (unpaired) electrons. The predicted octanol–water partition coefficient (Wildman–Crippen LogP) is 1.48. The Balaban J connectivity index is 2.85. The van der Waals surface area contributed by atoms with Crippen LogP contribution in [0.1, 0.15) is 0 Å². The summed E-state index contributed by atoms with van der Waals surface area (Å²) in [6.45, 7) is 0. The molecule has 0 aliphatic heterocycles. The Morgan fingerprint density at radius 1 is 1.47 bits per heavy atom. The van der Waals surface area contributed by atoms with Crippen LogP contribution in [0.5, 0.6) is 0 Å². The average Bonchev–Trinajstić information content (AvgIpc) is 2.17. The van der Waals surface area contributed by atoms with Crippen molar-refractivity contribution in [2.75, 3.05) is 0 Å². The second kappa shape index (κ2) is 3.32. The maximum atomic E-state index is 10.9. The van der Waals surface area contributed by atoms with Gasteiger partial charge in [0.1, 0.15) is 10.5 Å². The molecule has 0 saturated heterocycles. The molecule has 0 saturated carbocycles. The fourth-order valence-corrected chi connectivity index (χ4v) is 1.49. The van der Waals surface area contributed by atoms with E-state index in [4.69, 9.17) is 11.6 Å². The van der Waals surface area contributed by atoms with Gasteiger partial charge in [0.15, 0.2) is 0 Å². The minimum Gasteiger partial charge on any atom is -0.319 e. The molecule has 1 heterocycles. The predicted molar refractivity (Wildman–Crippen MR) is 54.0 cm³/mol. The number of aromatic amines is 1. The highest BCUT2D eigenvalue weighted by molar-refractivity contribution is 6.37. The van der Waals surface area contributed by atoms with Crippen LogP contribution in [0.25, 0.3) is 11.0 Å². The van der Waals surface area contributed by atoms with Gasteiger partial charge in [0, 0.05) is 6.07 Å². The average molecular weight is 226 g/mol. The topological polar surface area (TPSA) is 88.9 Å². The van der Waals surface area contributed by atoms with E-state index in [1.165, 1.54) is 12.1 Å². The molecule has 0 spiro atoms. The lowest BCUT2D eigenvalue weighted by molar-refractivity contribution is -0.384. The van der Waals surface area contributed by atoms with Crippen LogP contribution in [0.3, 0.4) is 0 Å². The van der Waals surface area contributed by atoms with Crippen molar-refractivity contribution in [2.24, 2.45) is 0 Å². The fraction of sp³-hybridized carbons (Fsp3) is 0. The fourth-order valence-electron chi connectivity index (χ4n) is 1.21. The molecule has 0 atom stereocenters. The Bertz CT molecular complexity index is 608. The van der Waals surface area contributed by atoms with Crippen molar-refractivity contribution in [3.63, 3.8) is 0 Å². The molecule has 1 aromatic heterocycles. The number of nitro benzene ring substituents is 1. The highest BCUT2D eigenvalue weighted by atomic mass is 35.5. The van der Waals surface area contributed by atoms with Gasteiger partial charge < -0.3 is 4.98 Å². The van der Waals surface area contributed by atoms with Crippen LogP contribution in [0.4, 0.5) is 5.69 Å². The molecule has 0 amide bonds. The van der Waals surface area contributed by atoms with Gasteiger partial charge in [0.2, 0.25) is 0 Å². The van der Waals surface area contributed by atoms with E-state index in [1.54, 1.807) is 0 Å². The summed E-state index contributed by atoms with van der Waals surface area (Å²) in [6, 6.07) is 2.62. The smallest absolute Gasteiger partial charge is 0.290 e. The van der Waals surface area contributed by atoms with Crippen LogP contribution < -0.4 is 5.56 Å². The summed E-state index contributed by atoms with van der Waals surface area (Å²) in [5, 5.41) is 10.5. The molecule has 0 unspecified atom stereocenters. The van der Waals surface area contributed by atoms with Gasteiger partial charge in [-0.05, 0) is 6.07 Å². The molecule has 15 heavy (non-hydrogen) atoms. The molecule has 0 bridgehead atoms. The second-order valence-corrected chi connectivity index (χ2v) is 3.18. The van der Waals surface area contributed by atoms with Crippen LogP contribution >= 0.6 is 11.6 Å². The molecule has 0 aliphatic carbocycles. The van der Waals surface area contributed by atoms with Crippen molar-refractivity contribution in [1.82, 2.24) is 9.97 Å². The largest absolute Gasteiger partial charge is 0.319 e. The number of H-pyrrole nitrogens is 1. The first-order valence-electron chi connectivity index (χ1n) is 3.91. The lowest BCUT2D eigenvalue weighted by atomic mass is 10.2. The van der Waals surface area contributed by atoms with Gasteiger partial charge in [-0.25, -0.2) is 4.98 Å². The van der Waals surface area contributed by atoms with Crippen molar-refractivity contribution in [1.29, 1.82) is 0 Å². The number of rotatable bonds is 1. The van der Waals surface area contributed by atoms with Gasteiger partial charge in [-0.1, -0.05) is 11.6 Å². The molecular weight excluding hydrogens is 222 g/mol. The molecule has 2 rings (SSSR count). The summed E-state index contributed by atoms with van der Waals surface area (Å²) in [5.74, 6) is 0. The third kappa shape index (κ3) is 1.55. The zero-order chi connectivity index (χ0) is 11.0. The summed E-state index contributed by atoms with van der Waals surface area (Å²) in [4.78, 5) is 27.1. The highest BCUT2D eigenvalue weighted by Gasteiger charge is 2.15. The van der Waals surface area contributed by atoms with Gasteiger partial charge in [-0.2, -0.15) is 0 Å². The maximum absolute atomic E-state index is 10.9. The quantitative estimate of drug-likeness (QED) is 0.588. The van der Waals surface area contributed by atoms with Crippen molar-refractivity contribution in [3.8, 4) is 0 Å². The van der Waals surface area contributed by atoms with Crippen LogP contribution in [-0.2, 0) is 0 Å². The number of halogens is 1. The third-order valence-electron chi connectivity index (χ3n) is 1.86. The molecule has 7 heteroatoms. The molecular formula is C8H4ClN3O3. The van der Waals surface area contributed by atoms with Gasteiger partial charge in [0.05, 0.1) is 16.6 Å². The van der Waals surface area contributed by atoms with Crippen molar-refractivity contribution in [3.05, 3.63) is 43.8 Å². The minimum atomic E-state index is -0.603. The number of nitro groups is 1. The summed E-state index contributed by atoms with van der Waals surface area (Å²) in [7, 11) is 0. The Labute approximate surface area is 87.7 Å². The number of aromatic nitrogens is 2. The van der Waals surface area contributed by atoms with Crippen LogP contribution in [0.15, 0.2) is 23.1 Å². The summed E-state index contributed by atoms with van der Waals surface area (Å²) in [6.07, 6.45) is 1.03. The Kier molecular flexibility index (Phi) is 2.12. The second-order valence-electron chi connectivity index (χ2n) is 2.80. The summed E-state index contributed by atoms with van der Waals surface area (Å²) < 4.78 is 0. The SMILES string of the molecule is O=c1cnc2c(Cl)c([N+](=O)[O-])ccc2[nH]1.